The molecule has 0 aromatic heterocycles. The average Bonchev–Trinajstić information content (AvgIpc) is 3.14. The topological polar surface area (TPSA) is 128 Å². The van der Waals surface area contributed by atoms with Gasteiger partial charge in [0, 0.05) is 0 Å². The zero-order valence-corrected chi connectivity index (χ0v) is 23.3. The predicted octanol–water partition coefficient (Wildman–Crippen LogP) is 2.89. The molecule has 2 aromatic carbocycles. The number of phenolic OH excluding ortho intramolecular Hbond substituents is 1. The molecule has 2 amide bonds. The number of rotatable bonds is 6. The number of fused-ring (bicyclic) bond motifs is 3. The van der Waals surface area contributed by atoms with Crippen LogP contribution in [0.4, 0.5) is 5.69 Å². The van der Waals surface area contributed by atoms with Crippen LogP contribution in [0.1, 0.15) is 49.8 Å². The minimum absolute atomic E-state index is 0.200. The molecular formula is C30H35B2NO7. The fourth-order valence-corrected chi connectivity index (χ4v) is 6.79. The molecule has 2 saturated heterocycles. The summed E-state index contributed by atoms with van der Waals surface area (Å²) < 4.78 is 6.02. The van der Waals surface area contributed by atoms with Gasteiger partial charge in [-0.3, -0.25) is 14.5 Å². The lowest BCUT2D eigenvalue weighted by molar-refractivity contribution is -0.122. The normalized spacial score (nSPS) is 24.9. The number of aryl methyl sites for hydroxylation is 2. The predicted molar refractivity (Wildman–Crippen MR) is 155 cm³/mol. The lowest BCUT2D eigenvalue weighted by Gasteiger charge is -2.42. The molecule has 0 radical (unpaired) electrons. The summed E-state index contributed by atoms with van der Waals surface area (Å²) in [6.45, 7) is 7.78. The van der Waals surface area contributed by atoms with Crippen LogP contribution in [0, 0.1) is 31.6 Å². The van der Waals surface area contributed by atoms with E-state index in [0.29, 0.717) is 30.7 Å². The van der Waals surface area contributed by atoms with Gasteiger partial charge < -0.3 is 24.8 Å². The fourth-order valence-electron chi connectivity index (χ4n) is 6.79. The number of hydrogen-bond acceptors (Lipinski definition) is 7. The molecular weight excluding hydrogens is 508 g/mol. The summed E-state index contributed by atoms with van der Waals surface area (Å²) in [6.07, 6.45) is 3.74. The highest BCUT2D eigenvalue weighted by Gasteiger charge is 2.57. The number of imide groups is 1. The van der Waals surface area contributed by atoms with Gasteiger partial charge in [-0.05, 0) is 111 Å². The number of amides is 2. The smallest absolute Gasteiger partial charge is 0.488 e. The van der Waals surface area contributed by atoms with Crippen LogP contribution in [0.15, 0.2) is 53.1 Å². The molecule has 0 bridgehead atoms. The Balaban J connectivity index is 1.38. The van der Waals surface area contributed by atoms with E-state index in [1.54, 1.807) is 12.1 Å². The highest BCUT2D eigenvalue weighted by atomic mass is 16.5. The third kappa shape index (κ3) is 5.17. The van der Waals surface area contributed by atoms with E-state index >= 15 is 0 Å². The van der Waals surface area contributed by atoms with Gasteiger partial charge >= 0.3 is 14.2 Å². The number of carbonyl (C=O) groups excluding carboxylic acids is 2. The van der Waals surface area contributed by atoms with Crippen molar-refractivity contribution in [3.05, 3.63) is 69.8 Å². The second-order valence-electron chi connectivity index (χ2n) is 11.5. The maximum atomic E-state index is 13.8. The van der Waals surface area contributed by atoms with Gasteiger partial charge in [-0.2, -0.15) is 0 Å². The number of benzene rings is 2. The SMILES string of the molecule is CC1=C2[C@@H](CC/C(C)=C/c3cc(C)c(O)c(C)c3)OB(O)C[C@@H]2[C@@H]2C(=O)N(c3cccc(B(O)O)c3)C(=O)[C@@H]2C1. The van der Waals surface area contributed by atoms with Crippen molar-refractivity contribution in [2.45, 2.75) is 59.4 Å². The van der Waals surface area contributed by atoms with Crippen molar-refractivity contribution in [3.8, 4) is 5.75 Å². The highest BCUT2D eigenvalue weighted by Crippen LogP contribution is 2.51. The molecule has 2 heterocycles. The summed E-state index contributed by atoms with van der Waals surface area (Å²) in [5.74, 6) is -1.76. The van der Waals surface area contributed by atoms with Gasteiger partial charge in [-0.15, -0.1) is 0 Å². The van der Waals surface area contributed by atoms with Crippen LogP contribution in [0.5, 0.6) is 5.75 Å². The number of hydrogen-bond donors (Lipinski definition) is 4. The van der Waals surface area contributed by atoms with Crippen molar-refractivity contribution in [2.75, 3.05) is 4.90 Å². The minimum Gasteiger partial charge on any atom is -0.507 e. The summed E-state index contributed by atoms with van der Waals surface area (Å²) >= 11 is 0. The molecule has 2 aromatic rings. The number of phenols is 1. The van der Waals surface area contributed by atoms with E-state index in [2.05, 4.69) is 6.08 Å². The van der Waals surface area contributed by atoms with Crippen molar-refractivity contribution in [1.29, 1.82) is 0 Å². The van der Waals surface area contributed by atoms with Crippen LogP contribution in [0.2, 0.25) is 6.32 Å². The van der Waals surface area contributed by atoms with Crippen LogP contribution in [-0.2, 0) is 14.2 Å². The molecule has 10 heteroatoms. The van der Waals surface area contributed by atoms with Gasteiger partial charge in [0.1, 0.15) is 5.75 Å². The van der Waals surface area contributed by atoms with Crippen LogP contribution >= 0.6 is 0 Å². The standard InChI is InChI=1S/C30H35B2NO7/c1-16(10-20-11-18(3)28(34)19(4)12-20)8-9-25-26-17(2)13-23-27(24(26)15-31(37)40-25)30(36)33(29(23)35)22-7-5-6-21(14-22)32(38)39/h5-7,10-12,14,23-25,27,34,37-39H,8-9,13,15H2,1-4H3/b16-10+/t23-,24+,25-,27-/m1/s1. The van der Waals surface area contributed by atoms with Crippen LogP contribution in [-0.4, -0.2) is 52.3 Å². The van der Waals surface area contributed by atoms with E-state index in [4.69, 9.17) is 4.65 Å². The second kappa shape index (κ2) is 11.0. The monoisotopic (exact) mass is 543 g/mol. The Kier molecular flexibility index (Phi) is 7.81. The van der Waals surface area contributed by atoms with Crippen LogP contribution in [0.25, 0.3) is 6.08 Å². The van der Waals surface area contributed by atoms with Crippen LogP contribution in [0.3, 0.4) is 0 Å². The molecule has 0 spiro atoms. The molecule has 2 fully saturated rings. The molecule has 0 unspecified atom stereocenters. The number of aromatic hydroxyl groups is 1. The van der Waals surface area contributed by atoms with E-state index < -0.39 is 26.1 Å². The van der Waals surface area contributed by atoms with E-state index in [0.717, 1.165) is 33.4 Å². The zero-order valence-electron chi connectivity index (χ0n) is 23.3. The van der Waals surface area contributed by atoms with Gasteiger partial charge in [0.15, 0.2) is 0 Å². The molecule has 208 valence electrons. The van der Waals surface area contributed by atoms with Gasteiger partial charge in [0.25, 0.3) is 0 Å². The quantitative estimate of drug-likeness (QED) is 0.251. The maximum absolute atomic E-state index is 13.8. The Hall–Kier alpha value is -3.17. The second-order valence-corrected chi connectivity index (χ2v) is 11.5. The van der Waals surface area contributed by atoms with Crippen molar-refractivity contribution in [3.63, 3.8) is 0 Å². The molecule has 4 N–H and O–H groups in total. The van der Waals surface area contributed by atoms with Crippen molar-refractivity contribution in [2.24, 2.45) is 17.8 Å². The number of carbonyl (C=O) groups is 2. The Labute approximate surface area is 235 Å². The van der Waals surface area contributed by atoms with Crippen molar-refractivity contribution < 1.29 is 34.4 Å². The van der Waals surface area contributed by atoms with E-state index in [1.165, 1.54) is 17.0 Å². The highest BCUT2D eigenvalue weighted by molar-refractivity contribution is 6.58. The summed E-state index contributed by atoms with van der Waals surface area (Å²) in [5, 5.41) is 40.0. The molecule has 40 heavy (non-hydrogen) atoms. The maximum Gasteiger partial charge on any atom is 0.488 e. The van der Waals surface area contributed by atoms with Crippen molar-refractivity contribution >= 4 is 43.3 Å². The third-order valence-electron chi connectivity index (χ3n) is 8.61. The van der Waals surface area contributed by atoms with E-state index in [-0.39, 0.29) is 35.6 Å². The molecule has 1 aliphatic carbocycles. The number of nitrogens with zero attached hydrogens (tertiary/aromatic N) is 1. The third-order valence-corrected chi connectivity index (χ3v) is 8.61. The van der Waals surface area contributed by atoms with Gasteiger partial charge in [0.05, 0.1) is 23.6 Å². The molecule has 4 atom stereocenters. The average molecular weight is 543 g/mol. The largest absolute Gasteiger partial charge is 0.507 e. The zero-order chi connectivity index (χ0) is 28.9. The Morgan fingerprint density at radius 3 is 2.48 bits per heavy atom. The van der Waals surface area contributed by atoms with E-state index in [1.807, 2.05) is 39.8 Å². The molecule has 2 aliphatic heterocycles. The lowest BCUT2D eigenvalue weighted by Crippen LogP contribution is -2.46. The fraction of sp³-hybridized carbons (Fsp3) is 0.400. The van der Waals surface area contributed by atoms with Gasteiger partial charge in [-0.25, -0.2) is 0 Å². The Morgan fingerprint density at radius 2 is 1.80 bits per heavy atom. The number of allylic oxidation sites excluding steroid dienone is 2. The summed E-state index contributed by atoms with van der Waals surface area (Å²) in [6, 6.07) is 10.1. The van der Waals surface area contributed by atoms with Gasteiger partial charge in [-0.1, -0.05) is 29.4 Å². The molecule has 3 aliphatic rings. The number of anilines is 1. The van der Waals surface area contributed by atoms with Crippen molar-refractivity contribution in [1.82, 2.24) is 0 Å². The Morgan fingerprint density at radius 1 is 1.10 bits per heavy atom. The lowest BCUT2D eigenvalue weighted by atomic mass is 9.59. The molecule has 0 saturated carbocycles. The molecule has 8 nitrogen and oxygen atoms in total. The first kappa shape index (κ1) is 28.4. The molecule has 5 rings (SSSR count). The van der Waals surface area contributed by atoms with Crippen LogP contribution < -0.4 is 10.4 Å². The van der Waals surface area contributed by atoms with E-state index in [9.17, 15) is 29.8 Å². The summed E-state index contributed by atoms with van der Waals surface area (Å²) in [4.78, 5) is 28.4. The summed E-state index contributed by atoms with van der Waals surface area (Å²) in [7, 11) is -2.75. The first-order valence-corrected chi connectivity index (χ1v) is 13.8. The minimum atomic E-state index is -1.71. The first-order chi connectivity index (χ1) is 19.0. The summed E-state index contributed by atoms with van der Waals surface area (Å²) in [5.41, 5.74) is 6.33. The Bertz CT molecular complexity index is 1400. The van der Waals surface area contributed by atoms with Gasteiger partial charge in [0.2, 0.25) is 11.8 Å². The first-order valence-electron chi connectivity index (χ1n) is 13.8.